The van der Waals surface area contributed by atoms with Crippen LogP contribution in [0.4, 0.5) is 0 Å². The summed E-state index contributed by atoms with van der Waals surface area (Å²) in [6, 6.07) is 0. The Labute approximate surface area is 463 Å². The Hall–Kier alpha value is -3.93. The zero-order valence-electron chi connectivity index (χ0n) is 49.0. The smallest absolute Gasteiger partial charge is 0.306 e. The van der Waals surface area contributed by atoms with Gasteiger partial charge in [0.15, 0.2) is 6.10 Å². The first-order chi connectivity index (χ1) is 37.0. The number of hydrogen-bond donors (Lipinski definition) is 0. The molecule has 0 rings (SSSR count). The van der Waals surface area contributed by atoms with E-state index in [4.69, 9.17) is 14.2 Å². The van der Waals surface area contributed by atoms with Gasteiger partial charge in [-0.15, -0.1) is 0 Å². The van der Waals surface area contributed by atoms with E-state index in [-0.39, 0.29) is 31.1 Å². The first-order valence-electron chi connectivity index (χ1n) is 31.4. The van der Waals surface area contributed by atoms with Gasteiger partial charge in [0, 0.05) is 19.3 Å². The lowest BCUT2D eigenvalue weighted by Crippen LogP contribution is -2.30. The lowest BCUT2D eigenvalue weighted by atomic mass is 10.0. The molecule has 1 atom stereocenters. The Morgan fingerprint density at radius 3 is 0.813 bits per heavy atom. The fourth-order valence-electron chi connectivity index (χ4n) is 8.60. The van der Waals surface area contributed by atoms with Gasteiger partial charge in [-0.05, 0) is 122 Å². The summed E-state index contributed by atoms with van der Waals surface area (Å²) in [6.07, 6.45) is 85.1. The molecule has 0 saturated carbocycles. The second kappa shape index (κ2) is 62.6. The summed E-state index contributed by atoms with van der Waals surface area (Å²) >= 11 is 0. The van der Waals surface area contributed by atoms with Gasteiger partial charge in [0.2, 0.25) is 0 Å². The SMILES string of the molecule is CC/C=C\C/C=C\C/C=C\C/C=C\CCCCCCCCCCCCCCC(=O)OCC(COC(=O)CCCCCCC/C=C\C/C=C\CCCCC)OC(=O)CCCCCCCCC/C=C\C/C=C\C/C=C\CC. The summed E-state index contributed by atoms with van der Waals surface area (Å²) in [5, 5.41) is 0. The number of ether oxygens (including phenoxy) is 3. The molecule has 0 radical (unpaired) electrons. The Morgan fingerprint density at radius 1 is 0.280 bits per heavy atom. The molecule has 6 heteroatoms. The highest BCUT2D eigenvalue weighted by Gasteiger charge is 2.19. The number of unbranched alkanes of at least 4 members (excludes halogenated alkanes) is 27. The maximum absolute atomic E-state index is 12.9. The van der Waals surface area contributed by atoms with Gasteiger partial charge in [-0.3, -0.25) is 14.4 Å². The van der Waals surface area contributed by atoms with Crippen LogP contribution in [0.25, 0.3) is 0 Å². The quantitative estimate of drug-likeness (QED) is 0.0261. The number of rotatable bonds is 56. The molecular formula is C69H116O6. The van der Waals surface area contributed by atoms with E-state index in [0.29, 0.717) is 19.3 Å². The lowest BCUT2D eigenvalue weighted by molar-refractivity contribution is -0.167. The van der Waals surface area contributed by atoms with Crippen LogP contribution in [-0.4, -0.2) is 37.2 Å². The first-order valence-corrected chi connectivity index (χ1v) is 31.4. The summed E-state index contributed by atoms with van der Waals surface area (Å²) in [5.41, 5.74) is 0. The number of carbonyl (C=O) groups excluding carboxylic acids is 3. The zero-order valence-corrected chi connectivity index (χ0v) is 49.0. The summed E-state index contributed by atoms with van der Waals surface area (Å²) in [7, 11) is 0. The number of esters is 3. The topological polar surface area (TPSA) is 78.9 Å². The Kier molecular flexibility index (Phi) is 59.3. The van der Waals surface area contributed by atoms with Gasteiger partial charge in [0.25, 0.3) is 0 Å². The third kappa shape index (κ3) is 60.8. The van der Waals surface area contributed by atoms with Gasteiger partial charge in [-0.25, -0.2) is 0 Å². The average molecular weight is 1040 g/mol. The largest absolute Gasteiger partial charge is 0.462 e. The van der Waals surface area contributed by atoms with Crippen LogP contribution in [0.2, 0.25) is 0 Å². The van der Waals surface area contributed by atoms with Gasteiger partial charge in [0.05, 0.1) is 0 Å². The predicted octanol–water partition coefficient (Wildman–Crippen LogP) is 21.4. The first kappa shape index (κ1) is 71.1. The number of allylic oxidation sites excluding steroid dienone is 18. The standard InChI is InChI=1S/C69H116O6/c1-4-7-10-13-16-19-22-25-28-30-31-32-33-34-35-36-37-39-41-44-47-50-53-56-59-62-68(71)74-65-66(64-73-67(70)61-58-55-52-49-46-43-40-27-24-21-18-15-12-9-6-3)75-69(72)63-60-57-54-51-48-45-42-38-29-26-23-20-17-14-11-8-5-2/h7-8,10-11,16-21,25-29,31-32,40,66H,4-6,9,12-15,22-24,30,33-39,41-65H2,1-3H3/b10-7-,11-8-,19-16-,20-17-,21-18-,28-25-,29-26-,32-31-,40-27-. The third-order valence-corrected chi connectivity index (χ3v) is 13.2. The highest BCUT2D eigenvalue weighted by molar-refractivity contribution is 5.71. The molecule has 0 spiro atoms. The lowest BCUT2D eigenvalue weighted by Gasteiger charge is -2.18. The van der Waals surface area contributed by atoms with Crippen LogP contribution in [-0.2, 0) is 28.6 Å². The second-order valence-corrected chi connectivity index (χ2v) is 20.5. The normalized spacial score (nSPS) is 12.8. The van der Waals surface area contributed by atoms with E-state index in [1.165, 1.54) is 116 Å². The van der Waals surface area contributed by atoms with Crippen molar-refractivity contribution in [2.45, 2.75) is 297 Å². The summed E-state index contributed by atoms with van der Waals surface area (Å²) < 4.78 is 16.9. The molecule has 0 aliphatic carbocycles. The molecule has 428 valence electrons. The molecule has 0 aromatic rings. The maximum atomic E-state index is 12.9. The number of carbonyl (C=O) groups is 3. The van der Waals surface area contributed by atoms with Crippen molar-refractivity contribution in [1.29, 1.82) is 0 Å². The molecule has 0 aromatic heterocycles. The van der Waals surface area contributed by atoms with Crippen molar-refractivity contribution >= 4 is 17.9 Å². The van der Waals surface area contributed by atoms with Crippen molar-refractivity contribution in [3.63, 3.8) is 0 Å². The molecule has 0 bridgehead atoms. The van der Waals surface area contributed by atoms with Crippen LogP contribution in [0, 0.1) is 0 Å². The highest BCUT2D eigenvalue weighted by Crippen LogP contribution is 2.16. The van der Waals surface area contributed by atoms with E-state index in [9.17, 15) is 14.4 Å². The molecule has 0 aromatic carbocycles. The van der Waals surface area contributed by atoms with Crippen molar-refractivity contribution < 1.29 is 28.6 Å². The molecule has 1 unspecified atom stereocenters. The highest BCUT2D eigenvalue weighted by atomic mass is 16.6. The maximum Gasteiger partial charge on any atom is 0.306 e. The van der Waals surface area contributed by atoms with Crippen LogP contribution >= 0.6 is 0 Å². The van der Waals surface area contributed by atoms with Gasteiger partial charge in [-0.1, -0.05) is 259 Å². The molecule has 0 heterocycles. The summed E-state index contributed by atoms with van der Waals surface area (Å²) in [6.45, 7) is 6.39. The van der Waals surface area contributed by atoms with Crippen LogP contribution in [0.15, 0.2) is 109 Å². The minimum atomic E-state index is -0.792. The minimum Gasteiger partial charge on any atom is -0.462 e. The fraction of sp³-hybridized carbons (Fsp3) is 0.696. The number of hydrogen-bond acceptors (Lipinski definition) is 6. The Morgan fingerprint density at radius 2 is 0.520 bits per heavy atom. The second-order valence-electron chi connectivity index (χ2n) is 20.5. The predicted molar refractivity (Wildman–Crippen MR) is 325 cm³/mol. The average Bonchev–Trinajstić information content (AvgIpc) is 3.41. The molecule has 75 heavy (non-hydrogen) atoms. The monoisotopic (exact) mass is 1040 g/mol. The Balaban J connectivity index is 4.35. The molecular weight excluding hydrogens is 925 g/mol. The molecule has 0 amide bonds. The molecule has 0 fully saturated rings. The zero-order chi connectivity index (χ0) is 54.3. The van der Waals surface area contributed by atoms with Crippen LogP contribution in [0.5, 0.6) is 0 Å². The van der Waals surface area contributed by atoms with E-state index in [1.54, 1.807) is 0 Å². The molecule has 0 saturated heterocycles. The summed E-state index contributed by atoms with van der Waals surface area (Å²) in [4.78, 5) is 38.3. The van der Waals surface area contributed by atoms with E-state index in [1.807, 2.05) is 0 Å². The van der Waals surface area contributed by atoms with Crippen molar-refractivity contribution in [2.75, 3.05) is 13.2 Å². The summed E-state index contributed by atoms with van der Waals surface area (Å²) in [5.74, 6) is -0.907. The van der Waals surface area contributed by atoms with Gasteiger partial charge < -0.3 is 14.2 Å². The van der Waals surface area contributed by atoms with Crippen molar-refractivity contribution in [3.8, 4) is 0 Å². The van der Waals surface area contributed by atoms with Gasteiger partial charge >= 0.3 is 17.9 Å². The van der Waals surface area contributed by atoms with Crippen molar-refractivity contribution in [1.82, 2.24) is 0 Å². The van der Waals surface area contributed by atoms with E-state index < -0.39 is 6.10 Å². The Bertz CT molecular complexity index is 1520. The van der Waals surface area contributed by atoms with Crippen molar-refractivity contribution in [3.05, 3.63) is 109 Å². The van der Waals surface area contributed by atoms with E-state index in [2.05, 4.69) is 130 Å². The molecule has 0 aliphatic rings. The van der Waals surface area contributed by atoms with Crippen LogP contribution in [0.3, 0.4) is 0 Å². The van der Waals surface area contributed by atoms with E-state index in [0.717, 1.165) is 135 Å². The van der Waals surface area contributed by atoms with Crippen LogP contribution < -0.4 is 0 Å². The van der Waals surface area contributed by atoms with Gasteiger partial charge in [0.1, 0.15) is 13.2 Å². The molecule has 6 nitrogen and oxygen atoms in total. The van der Waals surface area contributed by atoms with E-state index >= 15 is 0 Å². The molecule has 0 N–H and O–H groups in total. The molecule has 0 aliphatic heterocycles. The van der Waals surface area contributed by atoms with Gasteiger partial charge in [-0.2, -0.15) is 0 Å². The third-order valence-electron chi connectivity index (χ3n) is 13.2. The van der Waals surface area contributed by atoms with Crippen molar-refractivity contribution in [2.24, 2.45) is 0 Å². The minimum absolute atomic E-state index is 0.0879. The fourth-order valence-corrected chi connectivity index (χ4v) is 8.60. The van der Waals surface area contributed by atoms with Crippen LogP contribution in [0.1, 0.15) is 290 Å².